The van der Waals surface area contributed by atoms with Gasteiger partial charge in [0.1, 0.15) is 5.75 Å². The van der Waals surface area contributed by atoms with Crippen molar-refractivity contribution in [2.45, 2.75) is 20.0 Å². The molecule has 12 heavy (non-hydrogen) atoms. The van der Waals surface area contributed by atoms with Crippen LogP contribution in [0, 0.1) is 0 Å². The Morgan fingerprint density at radius 2 is 2.08 bits per heavy atom. The minimum atomic E-state index is 0.186. The fourth-order valence-electron chi connectivity index (χ4n) is 0.867. The van der Waals surface area contributed by atoms with E-state index in [1.165, 1.54) is 0 Å². The fourth-order valence-corrected chi connectivity index (χ4v) is 1.11. The summed E-state index contributed by atoms with van der Waals surface area (Å²) in [6.45, 7) is 3.97. The van der Waals surface area contributed by atoms with Gasteiger partial charge >= 0.3 is 0 Å². The van der Waals surface area contributed by atoms with Gasteiger partial charge in [-0.3, -0.25) is 0 Å². The van der Waals surface area contributed by atoms with E-state index in [1.54, 1.807) is 0 Å². The van der Waals surface area contributed by atoms with Crippen molar-refractivity contribution in [3.05, 3.63) is 22.7 Å². The van der Waals surface area contributed by atoms with Crippen molar-refractivity contribution in [3.63, 3.8) is 0 Å². The minimum Gasteiger partial charge on any atom is -0.491 e. The molecular weight excluding hydrogens is 218 g/mol. The molecule has 0 saturated heterocycles. The average molecular weight is 230 g/mol. The molecule has 0 radical (unpaired) electrons. The molecule has 0 aromatic heterocycles. The number of hydrogen-bond donors (Lipinski definition) is 1. The minimum absolute atomic E-state index is 0.186. The number of anilines is 1. The lowest BCUT2D eigenvalue weighted by atomic mass is 10.3. The van der Waals surface area contributed by atoms with Crippen LogP contribution in [-0.2, 0) is 0 Å². The summed E-state index contributed by atoms with van der Waals surface area (Å²) < 4.78 is 6.35. The lowest BCUT2D eigenvalue weighted by molar-refractivity contribution is 0.242. The first-order chi connectivity index (χ1) is 5.59. The second-order valence-corrected chi connectivity index (χ2v) is 3.70. The van der Waals surface area contributed by atoms with E-state index >= 15 is 0 Å². The average Bonchev–Trinajstić information content (AvgIpc) is 1.96. The summed E-state index contributed by atoms with van der Waals surface area (Å²) in [4.78, 5) is 0. The van der Waals surface area contributed by atoms with Crippen molar-refractivity contribution in [2.24, 2.45) is 0 Å². The Morgan fingerprint density at radius 1 is 1.42 bits per heavy atom. The molecule has 66 valence electrons. The van der Waals surface area contributed by atoms with Crippen LogP contribution in [0.15, 0.2) is 22.7 Å². The molecular formula is C9H12BrNO. The van der Waals surface area contributed by atoms with Crippen molar-refractivity contribution in [1.82, 2.24) is 0 Å². The molecule has 0 aliphatic rings. The van der Waals surface area contributed by atoms with E-state index in [-0.39, 0.29) is 6.10 Å². The highest BCUT2D eigenvalue weighted by molar-refractivity contribution is 9.10. The number of halogens is 1. The van der Waals surface area contributed by atoms with Gasteiger partial charge in [0.2, 0.25) is 0 Å². The predicted octanol–water partition coefficient (Wildman–Crippen LogP) is 2.82. The zero-order chi connectivity index (χ0) is 9.14. The van der Waals surface area contributed by atoms with Gasteiger partial charge < -0.3 is 10.5 Å². The number of nitrogens with two attached hydrogens (primary N) is 1. The van der Waals surface area contributed by atoms with Crippen LogP contribution in [0.1, 0.15) is 13.8 Å². The van der Waals surface area contributed by atoms with Crippen LogP contribution in [0.3, 0.4) is 0 Å². The number of rotatable bonds is 2. The van der Waals surface area contributed by atoms with Crippen LogP contribution in [-0.4, -0.2) is 6.10 Å². The first-order valence-electron chi connectivity index (χ1n) is 3.81. The zero-order valence-electron chi connectivity index (χ0n) is 7.17. The molecule has 1 rings (SSSR count). The fraction of sp³-hybridized carbons (Fsp3) is 0.333. The van der Waals surface area contributed by atoms with Gasteiger partial charge in [-0.25, -0.2) is 0 Å². The Morgan fingerprint density at radius 3 is 2.58 bits per heavy atom. The van der Waals surface area contributed by atoms with Gasteiger partial charge in [-0.05, 0) is 41.9 Å². The van der Waals surface area contributed by atoms with Gasteiger partial charge in [0.25, 0.3) is 0 Å². The van der Waals surface area contributed by atoms with Crippen LogP contribution in [0.5, 0.6) is 5.75 Å². The monoisotopic (exact) mass is 229 g/mol. The molecule has 0 unspecified atom stereocenters. The van der Waals surface area contributed by atoms with Crippen molar-refractivity contribution in [2.75, 3.05) is 5.73 Å². The van der Waals surface area contributed by atoms with Gasteiger partial charge in [-0.2, -0.15) is 0 Å². The summed E-state index contributed by atoms with van der Waals surface area (Å²) in [5.74, 6) is 0.811. The van der Waals surface area contributed by atoms with Crippen molar-refractivity contribution < 1.29 is 4.74 Å². The van der Waals surface area contributed by atoms with E-state index in [1.807, 2.05) is 32.0 Å². The molecule has 0 bridgehead atoms. The molecule has 2 N–H and O–H groups in total. The SMILES string of the molecule is CC(C)Oc1ccc(Br)c(N)c1. The molecule has 0 aliphatic heterocycles. The smallest absolute Gasteiger partial charge is 0.121 e. The van der Waals surface area contributed by atoms with Crippen molar-refractivity contribution in [1.29, 1.82) is 0 Å². The van der Waals surface area contributed by atoms with Crippen molar-refractivity contribution >= 4 is 21.6 Å². The first-order valence-corrected chi connectivity index (χ1v) is 4.60. The first kappa shape index (κ1) is 9.39. The summed E-state index contributed by atoms with van der Waals surface area (Å²) in [6.07, 6.45) is 0.186. The van der Waals surface area contributed by atoms with Gasteiger partial charge in [-0.1, -0.05) is 0 Å². The third-order valence-corrected chi connectivity index (χ3v) is 2.06. The molecule has 0 amide bonds. The maximum Gasteiger partial charge on any atom is 0.121 e. The number of benzene rings is 1. The van der Waals surface area contributed by atoms with Gasteiger partial charge in [0.05, 0.1) is 6.10 Å². The second kappa shape index (κ2) is 3.81. The highest BCUT2D eigenvalue weighted by atomic mass is 79.9. The van der Waals surface area contributed by atoms with E-state index in [0.29, 0.717) is 5.69 Å². The van der Waals surface area contributed by atoms with Gasteiger partial charge in [0, 0.05) is 16.2 Å². The highest BCUT2D eigenvalue weighted by Gasteiger charge is 2.00. The molecule has 2 nitrogen and oxygen atoms in total. The van der Waals surface area contributed by atoms with Gasteiger partial charge in [-0.15, -0.1) is 0 Å². The Hall–Kier alpha value is -0.700. The lowest BCUT2D eigenvalue weighted by Crippen LogP contribution is -2.05. The highest BCUT2D eigenvalue weighted by Crippen LogP contribution is 2.24. The van der Waals surface area contributed by atoms with Gasteiger partial charge in [0.15, 0.2) is 0 Å². The Kier molecular flexibility index (Phi) is 2.98. The predicted molar refractivity (Wildman–Crippen MR) is 54.3 cm³/mol. The third kappa shape index (κ3) is 2.41. The molecule has 0 saturated carbocycles. The van der Waals surface area contributed by atoms with Crippen LogP contribution in [0.4, 0.5) is 5.69 Å². The summed E-state index contributed by atoms with van der Waals surface area (Å²) in [5, 5.41) is 0. The normalized spacial score (nSPS) is 10.3. The lowest BCUT2D eigenvalue weighted by Gasteiger charge is -2.10. The molecule has 3 heteroatoms. The standard InChI is InChI=1S/C9H12BrNO/c1-6(2)12-7-3-4-8(10)9(11)5-7/h3-6H,11H2,1-2H3. The van der Waals surface area contributed by atoms with Crippen LogP contribution < -0.4 is 10.5 Å². The van der Waals surface area contributed by atoms with E-state index < -0.39 is 0 Å². The topological polar surface area (TPSA) is 35.2 Å². The van der Waals surface area contributed by atoms with Crippen LogP contribution in [0.25, 0.3) is 0 Å². The molecule has 1 aromatic rings. The molecule has 0 fully saturated rings. The summed E-state index contributed by atoms with van der Waals surface area (Å²) in [6, 6.07) is 5.58. The van der Waals surface area contributed by atoms with Crippen LogP contribution >= 0.6 is 15.9 Å². The maximum atomic E-state index is 5.67. The molecule has 0 spiro atoms. The van der Waals surface area contributed by atoms with E-state index in [4.69, 9.17) is 10.5 Å². The van der Waals surface area contributed by atoms with E-state index in [2.05, 4.69) is 15.9 Å². The van der Waals surface area contributed by atoms with Crippen LogP contribution in [0.2, 0.25) is 0 Å². The summed E-state index contributed by atoms with van der Waals surface area (Å²) in [7, 11) is 0. The molecule has 0 atom stereocenters. The summed E-state index contributed by atoms with van der Waals surface area (Å²) >= 11 is 3.32. The quantitative estimate of drug-likeness (QED) is 0.793. The van der Waals surface area contributed by atoms with Crippen molar-refractivity contribution in [3.8, 4) is 5.75 Å². The molecule has 0 heterocycles. The molecule has 1 aromatic carbocycles. The second-order valence-electron chi connectivity index (χ2n) is 2.85. The Bertz CT molecular complexity index is 273. The Balaban J connectivity index is 2.82. The summed E-state index contributed by atoms with van der Waals surface area (Å²) in [5.41, 5.74) is 6.37. The largest absolute Gasteiger partial charge is 0.491 e. The molecule has 0 aliphatic carbocycles. The number of hydrogen-bond acceptors (Lipinski definition) is 2. The third-order valence-electron chi connectivity index (χ3n) is 1.34. The maximum absolute atomic E-state index is 5.67. The van der Waals surface area contributed by atoms with E-state index in [0.717, 1.165) is 10.2 Å². The Labute approximate surface area is 80.8 Å². The number of nitrogen functional groups attached to an aromatic ring is 1. The zero-order valence-corrected chi connectivity index (χ0v) is 8.76. The number of ether oxygens (including phenoxy) is 1. The van der Waals surface area contributed by atoms with E-state index in [9.17, 15) is 0 Å².